The quantitative estimate of drug-likeness (QED) is 0.724. The molecule has 0 saturated carbocycles. The van der Waals surface area contributed by atoms with Crippen LogP contribution in [-0.2, 0) is 11.3 Å². The first kappa shape index (κ1) is 16.3. The number of hydrogen-bond donors (Lipinski definition) is 0. The zero-order chi connectivity index (χ0) is 18.1. The highest BCUT2D eigenvalue weighted by molar-refractivity contribution is 5.82. The number of carbonyl (C=O) groups is 1. The Kier molecular flexibility index (Phi) is 4.16. The van der Waals surface area contributed by atoms with E-state index in [0.717, 1.165) is 30.5 Å². The SMILES string of the molecule is O=C(Cn1c(=O)n(-c2ccccc2)c(=O)c2ccccc21)N1CCCC1. The van der Waals surface area contributed by atoms with Crippen molar-refractivity contribution in [2.45, 2.75) is 19.4 Å². The summed E-state index contributed by atoms with van der Waals surface area (Å²) in [7, 11) is 0. The van der Waals surface area contributed by atoms with E-state index >= 15 is 0 Å². The summed E-state index contributed by atoms with van der Waals surface area (Å²) in [6, 6.07) is 15.7. The molecule has 0 N–H and O–H groups in total. The third-order valence-electron chi connectivity index (χ3n) is 4.82. The maximum Gasteiger partial charge on any atom is 0.336 e. The second kappa shape index (κ2) is 6.63. The number of benzene rings is 2. The van der Waals surface area contributed by atoms with Crippen LogP contribution in [0.15, 0.2) is 64.2 Å². The first-order valence-corrected chi connectivity index (χ1v) is 8.74. The molecule has 132 valence electrons. The largest absolute Gasteiger partial charge is 0.341 e. The van der Waals surface area contributed by atoms with Crippen molar-refractivity contribution in [3.05, 3.63) is 75.4 Å². The third-order valence-corrected chi connectivity index (χ3v) is 4.82. The van der Waals surface area contributed by atoms with E-state index in [1.807, 2.05) is 6.07 Å². The second-order valence-corrected chi connectivity index (χ2v) is 6.45. The molecule has 6 heteroatoms. The van der Waals surface area contributed by atoms with Crippen LogP contribution in [0.3, 0.4) is 0 Å². The highest BCUT2D eigenvalue weighted by atomic mass is 16.2. The summed E-state index contributed by atoms with van der Waals surface area (Å²) in [5.74, 6) is -0.0898. The van der Waals surface area contributed by atoms with Crippen LogP contribution in [0.1, 0.15) is 12.8 Å². The molecule has 26 heavy (non-hydrogen) atoms. The fraction of sp³-hybridized carbons (Fsp3) is 0.250. The van der Waals surface area contributed by atoms with Gasteiger partial charge >= 0.3 is 5.69 Å². The number of nitrogens with zero attached hydrogens (tertiary/aromatic N) is 3. The van der Waals surface area contributed by atoms with Gasteiger partial charge in [-0.15, -0.1) is 0 Å². The molecule has 0 aliphatic carbocycles. The van der Waals surface area contributed by atoms with Crippen molar-refractivity contribution in [2.75, 3.05) is 13.1 Å². The van der Waals surface area contributed by atoms with Crippen LogP contribution in [0.2, 0.25) is 0 Å². The number of aromatic nitrogens is 2. The Morgan fingerprint density at radius 3 is 2.27 bits per heavy atom. The van der Waals surface area contributed by atoms with Gasteiger partial charge in [-0.3, -0.25) is 14.2 Å². The molecule has 0 atom stereocenters. The molecule has 4 rings (SSSR count). The van der Waals surface area contributed by atoms with E-state index in [4.69, 9.17) is 0 Å². The maximum absolute atomic E-state index is 13.1. The number of fused-ring (bicyclic) bond motifs is 1. The summed E-state index contributed by atoms with van der Waals surface area (Å²) in [4.78, 5) is 40.4. The molecule has 1 fully saturated rings. The lowest BCUT2D eigenvalue weighted by Gasteiger charge is -2.18. The molecule has 0 unspecified atom stereocenters. The Hall–Kier alpha value is -3.15. The first-order chi connectivity index (χ1) is 12.7. The molecule has 2 heterocycles. The molecule has 6 nitrogen and oxygen atoms in total. The molecule has 1 aliphatic rings. The Bertz CT molecular complexity index is 1080. The van der Waals surface area contributed by atoms with Crippen molar-refractivity contribution < 1.29 is 4.79 Å². The second-order valence-electron chi connectivity index (χ2n) is 6.45. The van der Waals surface area contributed by atoms with E-state index in [0.29, 0.717) is 16.6 Å². The lowest BCUT2D eigenvalue weighted by Crippen LogP contribution is -2.42. The molecular formula is C20H19N3O3. The summed E-state index contributed by atoms with van der Waals surface area (Å²) in [6.45, 7) is 1.39. The predicted octanol–water partition coefficient (Wildman–Crippen LogP) is 1.77. The minimum absolute atomic E-state index is 0.0630. The molecule has 1 aromatic heterocycles. The molecule has 2 aromatic carbocycles. The molecular weight excluding hydrogens is 330 g/mol. The van der Waals surface area contributed by atoms with E-state index in [-0.39, 0.29) is 18.0 Å². The van der Waals surface area contributed by atoms with E-state index in [1.165, 1.54) is 4.57 Å². The average molecular weight is 349 g/mol. The smallest absolute Gasteiger partial charge is 0.336 e. The highest BCUT2D eigenvalue weighted by Gasteiger charge is 2.21. The van der Waals surface area contributed by atoms with Gasteiger partial charge in [-0.25, -0.2) is 9.36 Å². The normalized spacial score (nSPS) is 14.1. The van der Waals surface area contributed by atoms with Crippen LogP contribution >= 0.6 is 0 Å². The van der Waals surface area contributed by atoms with E-state index in [2.05, 4.69) is 0 Å². The lowest BCUT2D eigenvalue weighted by molar-refractivity contribution is -0.130. The van der Waals surface area contributed by atoms with Gasteiger partial charge in [-0.05, 0) is 37.1 Å². The third kappa shape index (κ3) is 2.73. The van der Waals surface area contributed by atoms with Crippen molar-refractivity contribution >= 4 is 16.8 Å². The predicted molar refractivity (Wildman–Crippen MR) is 99.6 cm³/mol. The molecule has 1 aliphatic heterocycles. The minimum atomic E-state index is -0.493. The van der Waals surface area contributed by atoms with E-state index < -0.39 is 5.69 Å². The number of para-hydroxylation sites is 2. The Morgan fingerprint density at radius 1 is 0.885 bits per heavy atom. The minimum Gasteiger partial charge on any atom is -0.341 e. The Labute approximate surface area is 149 Å². The van der Waals surface area contributed by atoms with Crippen LogP contribution in [0.4, 0.5) is 0 Å². The van der Waals surface area contributed by atoms with Gasteiger partial charge in [0.15, 0.2) is 0 Å². The van der Waals surface area contributed by atoms with Gasteiger partial charge in [-0.2, -0.15) is 0 Å². The number of hydrogen-bond acceptors (Lipinski definition) is 3. The van der Waals surface area contributed by atoms with Gasteiger partial charge in [-0.1, -0.05) is 30.3 Å². The van der Waals surface area contributed by atoms with Crippen molar-refractivity contribution in [3.8, 4) is 5.69 Å². The van der Waals surface area contributed by atoms with Gasteiger partial charge in [0.2, 0.25) is 5.91 Å². The van der Waals surface area contributed by atoms with Gasteiger partial charge in [0.25, 0.3) is 5.56 Å². The fourth-order valence-electron chi connectivity index (χ4n) is 3.48. The van der Waals surface area contributed by atoms with Crippen molar-refractivity contribution in [1.82, 2.24) is 14.0 Å². The lowest BCUT2D eigenvalue weighted by atomic mass is 10.2. The standard InChI is InChI=1S/C20H19N3O3/c24-18(21-12-6-7-13-21)14-22-17-11-5-4-10-16(17)19(25)23(20(22)26)15-8-2-1-3-9-15/h1-5,8-11H,6-7,12-14H2. The zero-order valence-corrected chi connectivity index (χ0v) is 14.3. The average Bonchev–Trinajstić information content (AvgIpc) is 3.21. The number of likely N-dealkylation sites (tertiary alicyclic amines) is 1. The highest BCUT2D eigenvalue weighted by Crippen LogP contribution is 2.12. The van der Waals surface area contributed by atoms with Crippen molar-refractivity contribution in [2.24, 2.45) is 0 Å². The molecule has 0 bridgehead atoms. The number of amides is 1. The molecule has 1 amide bonds. The monoisotopic (exact) mass is 349 g/mol. The maximum atomic E-state index is 13.1. The summed E-state index contributed by atoms with van der Waals surface area (Å²) in [5, 5.41) is 0.421. The van der Waals surface area contributed by atoms with Gasteiger partial charge < -0.3 is 4.90 Å². The number of carbonyl (C=O) groups excluding carboxylic acids is 1. The van der Waals surface area contributed by atoms with Gasteiger partial charge in [0.05, 0.1) is 16.6 Å². The molecule has 0 spiro atoms. The van der Waals surface area contributed by atoms with Gasteiger partial charge in [0, 0.05) is 13.1 Å². The Balaban J connectivity index is 1.92. The van der Waals surface area contributed by atoms with Crippen LogP contribution in [0, 0.1) is 0 Å². The first-order valence-electron chi connectivity index (χ1n) is 8.74. The zero-order valence-electron chi connectivity index (χ0n) is 14.3. The van der Waals surface area contributed by atoms with E-state index in [1.54, 1.807) is 53.4 Å². The van der Waals surface area contributed by atoms with Crippen LogP contribution in [0.5, 0.6) is 0 Å². The topological polar surface area (TPSA) is 64.3 Å². The van der Waals surface area contributed by atoms with Crippen LogP contribution in [-0.4, -0.2) is 33.0 Å². The summed E-state index contributed by atoms with van der Waals surface area (Å²) < 4.78 is 2.55. The fourth-order valence-corrected chi connectivity index (χ4v) is 3.48. The summed E-state index contributed by atoms with van der Waals surface area (Å²) in [6.07, 6.45) is 1.98. The van der Waals surface area contributed by atoms with E-state index in [9.17, 15) is 14.4 Å². The molecule has 1 saturated heterocycles. The van der Waals surface area contributed by atoms with Crippen molar-refractivity contribution in [3.63, 3.8) is 0 Å². The molecule has 0 radical (unpaired) electrons. The molecule has 3 aromatic rings. The Morgan fingerprint density at radius 2 is 1.54 bits per heavy atom. The summed E-state index contributed by atoms with van der Waals surface area (Å²) in [5.41, 5.74) is 0.118. The van der Waals surface area contributed by atoms with Crippen LogP contribution in [0.25, 0.3) is 16.6 Å². The number of rotatable bonds is 3. The summed E-state index contributed by atoms with van der Waals surface area (Å²) >= 11 is 0. The van der Waals surface area contributed by atoms with Gasteiger partial charge in [0.1, 0.15) is 6.54 Å². The van der Waals surface area contributed by atoms with Crippen molar-refractivity contribution in [1.29, 1.82) is 0 Å². The van der Waals surface area contributed by atoms with Crippen LogP contribution < -0.4 is 11.2 Å².